The highest BCUT2D eigenvalue weighted by atomic mass is 16.5. The van der Waals surface area contributed by atoms with Crippen molar-refractivity contribution in [3.63, 3.8) is 0 Å². The lowest BCUT2D eigenvalue weighted by Crippen LogP contribution is -2.51. The summed E-state index contributed by atoms with van der Waals surface area (Å²) >= 11 is 0. The van der Waals surface area contributed by atoms with Gasteiger partial charge in [-0.2, -0.15) is 0 Å². The zero-order valence-electron chi connectivity index (χ0n) is 22.0. The van der Waals surface area contributed by atoms with Crippen molar-refractivity contribution in [2.75, 3.05) is 13.6 Å². The fourth-order valence-electron chi connectivity index (χ4n) is 5.54. The van der Waals surface area contributed by atoms with Crippen molar-refractivity contribution >= 4 is 11.8 Å². The lowest BCUT2D eigenvalue weighted by molar-refractivity contribution is -0.621. The average Bonchev–Trinajstić information content (AvgIpc) is 3.12. The molecule has 1 aromatic heterocycles. The fraction of sp³-hybridized carbons (Fsp3) is 0.769. The highest BCUT2D eigenvalue weighted by Crippen LogP contribution is 2.36. The zero-order valence-corrected chi connectivity index (χ0v) is 22.0. The quantitative estimate of drug-likeness (QED) is 0.485. The molecule has 0 aromatic carbocycles. The van der Waals surface area contributed by atoms with Crippen LogP contribution >= 0.6 is 0 Å². The maximum absolute atomic E-state index is 13.4. The van der Waals surface area contributed by atoms with E-state index >= 15 is 0 Å². The Labute approximate surface area is 204 Å². The van der Waals surface area contributed by atoms with Crippen LogP contribution in [0.2, 0.25) is 0 Å². The van der Waals surface area contributed by atoms with E-state index in [2.05, 4.69) is 43.0 Å². The van der Waals surface area contributed by atoms with Gasteiger partial charge in [-0.3, -0.25) is 9.59 Å². The van der Waals surface area contributed by atoms with Crippen LogP contribution in [-0.2, 0) is 10.2 Å². The van der Waals surface area contributed by atoms with E-state index in [1.54, 1.807) is 0 Å². The molecule has 8 nitrogen and oxygen atoms in total. The number of hydrogen-bond donors (Lipinski definition) is 1. The number of hydrogen-bond acceptors (Lipinski definition) is 5. The molecule has 0 radical (unpaired) electrons. The van der Waals surface area contributed by atoms with Crippen molar-refractivity contribution in [2.24, 2.45) is 5.92 Å². The summed E-state index contributed by atoms with van der Waals surface area (Å²) in [6.07, 6.45) is 7.37. The van der Waals surface area contributed by atoms with Crippen molar-refractivity contribution in [1.29, 1.82) is 0 Å². The molecule has 1 saturated carbocycles. The minimum Gasteiger partial charge on any atom is -0.711 e. The highest BCUT2D eigenvalue weighted by molar-refractivity contribution is 5.96. The van der Waals surface area contributed by atoms with Crippen molar-refractivity contribution in [3.8, 4) is 0 Å². The predicted molar refractivity (Wildman–Crippen MR) is 132 cm³/mol. The molecule has 1 aliphatic heterocycles. The van der Waals surface area contributed by atoms with Gasteiger partial charge in [0.2, 0.25) is 11.6 Å². The van der Waals surface area contributed by atoms with Crippen molar-refractivity contribution in [2.45, 2.75) is 110 Å². The number of carbonyl (C=O) groups is 2. The van der Waals surface area contributed by atoms with E-state index in [0.29, 0.717) is 35.7 Å². The molecule has 1 unspecified atom stereocenters. The molecule has 2 heterocycles. The molecular weight excluding hydrogens is 430 g/mol. The van der Waals surface area contributed by atoms with Crippen LogP contribution in [0.25, 0.3) is 0 Å². The number of nitrogens with one attached hydrogen (secondary N) is 1. The van der Waals surface area contributed by atoms with Crippen LogP contribution in [0.3, 0.4) is 0 Å². The van der Waals surface area contributed by atoms with E-state index in [9.17, 15) is 14.8 Å². The van der Waals surface area contributed by atoms with Crippen LogP contribution < -0.4 is 10.0 Å². The van der Waals surface area contributed by atoms with Crippen LogP contribution in [0, 0.1) is 11.1 Å². The standard InChI is InChI=1S/C26H43N5O3/c1-8-9-18-16-19(29(7)17(2)3)10-11-22(18)30-14-12-21(24(30)33)27-23(32)20-13-15-31(34)25(28-20)26(4,5)6/h13,15,17-19,21-22H,8-12,14,16H2,1-7H3,(H,27,32)/t18-,19-,21?,22+/m1/s1. The lowest BCUT2D eigenvalue weighted by atomic mass is 9.77. The van der Waals surface area contributed by atoms with Gasteiger partial charge >= 0.3 is 5.82 Å². The molecule has 0 bridgehead atoms. The third-order valence-electron chi connectivity index (χ3n) is 7.62. The van der Waals surface area contributed by atoms with E-state index in [4.69, 9.17) is 0 Å². The third-order valence-corrected chi connectivity index (χ3v) is 7.62. The molecule has 34 heavy (non-hydrogen) atoms. The van der Waals surface area contributed by atoms with Crippen LogP contribution in [-0.4, -0.2) is 64.4 Å². The summed E-state index contributed by atoms with van der Waals surface area (Å²) in [6, 6.07) is 2.20. The number of likely N-dealkylation sites (tertiary alicyclic amines) is 1. The van der Waals surface area contributed by atoms with Gasteiger partial charge in [0.05, 0.1) is 11.6 Å². The monoisotopic (exact) mass is 473 g/mol. The maximum Gasteiger partial charge on any atom is 0.307 e. The molecule has 1 N–H and O–H groups in total. The van der Waals surface area contributed by atoms with Gasteiger partial charge in [0, 0.05) is 30.7 Å². The first kappa shape index (κ1) is 26.4. The molecular formula is C26H43N5O3. The van der Waals surface area contributed by atoms with Crippen LogP contribution in [0.1, 0.15) is 96.4 Å². The molecule has 4 atom stereocenters. The van der Waals surface area contributed by atoms with E-state index in [0.717, 1.165) is 32.1 Å². The molecule has 0 spiro atoms. The Morgan fingerprint density at radius 2 is 2.03 bits per heavy atom. The Morgan fingerprint density at radius 3 is 2.65 bits per heavy atom. The Balaban J connectivity index is 1.68. The van der Waals surface area contributed by atoms with Crippen molar-refractivity contribution < 1.29 is 14.3 Å². The van der Waals surface area contributed by atoms with Gasteiger partial charge in [0.15, 0.2) is 0 Å². The largest absolute Gasteiger partial charge is 0.711 e. The smallest absolute Gasteiger partial charge is 0.307 e. The number of carbonyl (C=O) groups excluding carboxylic acids is 2. The minimum atomic E-state index is -0.537. The highest BCUT2D eigenvalue weighted by Gasteiger charge is 2.43. The van der Waals surface area contributed by atoms with E-state index in [1.165, 1.54) is 12.3 Å². The van der Waals surface area contributed by atoms with Crippen molar-refractivity contribution in [3.05, 3.63) is 29.0 Å². The number of rotatable bonds is 7. The number of aromatic nitrogens is 2. The summed E-state index contributed by atoms with van der Waals surface area (Å²) < 4.78 is 0.695. The molecule has 1 aliphatic carbocycles. The number of nitrogens with zero attached hydrogens (tertiary/aromatic N) is 4. The average molecular weight is 474 g/mol. The molecule has 2 aliphatic rings. The summed E-state index contributed by atoms with van der Waals surface area (Å²) in [6.45, 7) is 13.0. The topological polar surface area (TPSA) is 92.5 Å². The SMILES string of the molecule is CCC[C@@H]1C[C@H](N(C)C(C)C)CC[C@@H]1N1CCC(NC(=O)c2cc[n+]([O-])c(C(C)(C)C)n2)C1=O. The minimum absolute atomic E-state index is 0.0148. The Kier molecular flexibility index (Phi) is 8.22. The summed E-state index contributed by atoms with van der Waals surface area (Å²) in [5.74, 6) is 0.380. The molecule has 3 rings (SSSR count). The normalized spacial score (nSPS) is 25.9. The van der Waals surface area contributed by atoms with Gasteiger partial charge in [0.25, 0.3) is 5.91 Å². The Hall–Kier alpha value is -2.22. The van der Waals surface area contributed by atoms with Gasteiger partial charge in [-0.15, -0.1) is 0 Å². The summed E-state index contributed by atoms with van der Waals surface area (Å²) in [7, 11) is 2.21. The molecule has 190 valence electrons. The van der Waals surface area contributed by atoms with E-state index in [1.807, 2.05) is 25.7 Å². The second-order valence-electron chi connectivity index (χ2n) is 11.4. The third kappa shape index (κ3) is 5.70. The van der Waals surface area contributed by atoms with Gasteiger partial charge < -0.3 is 20.3 Å². The number of amides is 2. The summed E-state index contributed by atoms with van der Waals surface area (Å²) in [5.41, 5.74) is -0.321. The van der Waals surface area contributed by atoms with Crippen LogP contribution in [0.15, 0.2) is 12.3 Å². The van der Waals surface area contributed by atoms with Gasteiger partial charge in [-0.25, -0.2) is 4.73 Å². The van der Waals surface area contributed by atoms with Crippen molar-refractivity contribution in [1.82, 2.24) is 20.1 Å². The first-order chi connectivity index (χ1) is 15.9. The second-order valence-corrected chi connectivity index (χ2v) is 11.4. The second kappa shape index (κ2) is 10.6. The molecule has 2 fully saturated rings. The van der Waals surface area contributed by atoms with Gasteiger partial charge in [-0.1, -0.05) is 13.3 Å². The van der Waals surface area contributed by atoms with Crippen LogP contribution in [0.5, 0.6) is 0 Å². The molecule has 8 heteroatoms. The predicted octanol–water partition coefficient (Wildman–Crippen LogP) is 3.02. The lowest BCUT2D eigenvalue weighted by Gasteiger charge is -2.44. The molecule has 1 saturated heterocycles. The maximum atomic E-state index is 13.4. The van der Waals surface area contributed by atoms with Crippen LogP contribution in [0.4, 0.5) is 0 Å². The fourth-order valence-corrected chi connectivity index (χ4v) is 5.54. The molecule has 1 aromatic rings. The molecule has 2 amide bonds. The van der Waals surface area contributed by atoms with E-state index < -0.39 is 17.4 Å². The van der Waals surface area contributed by atoms with Gasteiger partial charge in [-0.05, 0) is 84.7 Å². The van der Waals surface area contributed by atoms with E-state index in [-0.39, 0.29) is 23.5 Å². The van der Waals surface area contributed by atoms with Gasteiger partial charge in [0.1, 0.15) is 6.04 Å². The summed E-state index contributed by atoms with van der Waals surface area (Å²) in [5, 5.41) is 15.0. The first-order valence-electron chi connectivity index (χ1n) is 12.9. The summed E-state index contributed by atoms with van der Waals surface area (Å²) in [4.78, 5) is 35.1. The Morgan fingerprint density at radius 1 is 1.32 bits per heavy atom. The Bertz CT molecular complexity index is 882. The zero-order chi connectivity index (χ0) is 25.2. The first-order valence-corrected chi connectivity index (χ1v) is 12.9.